The lowest BCUT2D eigenvalue weighted by molar-refractivity contribution is -0.153. The van der Waals surface area contributed by atoms with Gasteiger partial charge in [0.15, 0.2) is 18.1 Å². The van der Waals surface area contributed by atoms with Crippen LogP contribution in [0.4, 0.5) is 18.9 Å². The Morgan fingerprint density at radius 3 is 2.47 bits per heavy atom. The van der Waals surface area contributed by atoms with E-state index in [4.69, 9.17) is 15.2 Å². The zero-order chi connectivity index (χ0) is 21.8. The molecule has 0 amide bonds. The SMILES string of the molecule is CCCN1c2c(C#N)cccc2CC1(N)CCOc1ccccc1OCC(F)(F)F. The lowest BCUT2D eigenvalue weighted by Crippen LogP contribution is -2.55. The van der Waals surface area contributed by atoms with Crippen molar-refractivity contribution in [1.82, 2.24) is 0 Å². The number of anilines is 1. The smallest absolute Gasteiger partial charge is 0.422 e. The van der Waals surface area contributed by atoms with Crippen LogP contribution in [0.2, 0.25) is 0 Å². The average Bonchev–Trinajstić information content (AvgIpc) is 2.98. The van der Waals surface area contributed by atoms with E-state index in [2.05, 4.69) is 11.0 Å². The van der Waals surface area contributed by atoms with Crippen LogP contribution in [0.1, 0.15) is 30.9 Å². The zero-order valence-electron chi connectivity index (χ0n) is 16.7. The van der Waals surface area contributed by atoms with Crippen LogP contribution < -0.4 is 20.1 Å². The molecule has 1 aliphatic heterocycles. The maximum absolute atomic E-state index is 12.5. The number of nitrogens with zero attached hydrogens (tertiary/aromatic N) is 2. The maximum Gasteiger partial charge on any atom is 0.422 e. The minimum absolute atomic E-state index is 0.0350. The van der Waals surface area contributed by atoms with Gasteiger partial charge in [-0.3, -0.25) is 0 Å². The molecule has 0 aromatic heterocycles. The molecule has 0 radical (unpaired) electrons. The molecule has 1 unspecified atom stereocenters. The van der Waals surface area contributed by atoms with E-state index in [1.54, 1.807) is 24.3 Å². The molecule has 8 heteroatoms. The van der Waals surface area contributed by atoms with E-state index in [0.29, 0.717) is 24.9 Å². The Kier molecular flexibility index (Phi) is 6.42. The molecule has 0 saturated carbocycles. The number of halogens is 3. The third kappa shape index (κ3) is 4.79. The molecule has 0 saturated heterocycles. The van der Waals surface area contributed by atoms with Crippen molar-refractivity contribution in [2.24, 2.45) is 5.73 Å². The van der Waals surface area contributed by atoms with Gasteiger partial charge in [-0.05, 0) is 30.2 Å². The van der Waals surface area contributed by atoms with Crippen molar-refractivity contribution >= 4 is 5.69 Å². The van der Waals surface area contributed by atoms with E-state index >= 15 is 0 Å². The summed E-state index contributed by atoms with van der Waals surface area (Å²) < 4.78 is 48.0. The average molecular weight is 419 g/mol. The lowest BCUT2D eigenvalue weighted by Gasteiger charge is -2.37. The Morgan fingerprint density at radius 1 is 1.13 bits per heavy atom. The number of benzene rings is 2. The minimum Gasteiger partial charge on any atom is -0.490 e. The summed E-state index contributed by atoms with van der Waals surface area (Å²) in [5, 5.41) is 9.48. The van der Waals surface area contributed by atoms with Gasteiger partial charge >= 0.3 is 6.18 Å². The first kappa shape index (κ1) is 21.8. The first-order valence-electron chi connectivity index (χ1n) is 9.77. The van der Waals surface area contributed by atoms with Crippen molar-refractivity contribution in [3.05, 3.63) is 53.6 Å². The van der Waals surface area contributed by atoms with Crippen molar-refractivity contribution in [1.29, 1.82) is 5.26 Å². The highest BCUT2D eigenvalue weighted by molar-refractivity contribution is 5.69. The number of hydrogen-bond acceptors (Lipinski definition) is 5. The second-order valence-corrected chi connectivity index (χ2v) is 7.31. The maximum atomic E-state index is 12.5. The Bertz CT molecular complexity index is 927. The van der Waals surface area contributed by atoms with Gasteiger partial charge in [-0.25, -0.2) is 0 Å². The fourth-order valence-electron chi connectivity index (χ4n) is 3.76. The van der Waals surface area contributed by atoms with Crippen LogP contribution in [0, 0.1) is 11.3 Å². The number of ether oxygens (including phenoxy) is 2. The summed E-state index contributed by atoms with van der Waals surface area (Å²) in [6, 6.07) is 14.1. The highest BCUT2D eigenvalue weighted by atomic mass is 19.4. The molecule has 2 aromatic carbocycles. The summed E-state index contributed by atoms with van der Waals surface area (Å²) in [6.45, 7) is 1.54. The normalized spacial score (nSPS) is 18.1. The van der Waals surface area contributed by atoms with Crippen LogP contribution in [0.25, 0.3) is 0 Å². The van der Waals surface area contributed by atoms with Crippen LogP contribution >= 0.6 is 0 Å². The lowest BCUT2D eigenvalue weighted by atomic mass is 10.0. The number of hydrogen-bond donors (Lipinski definition) is 1. The van der Waals surface area contributed by atoms with Crippen molar-refractivity contribution in [3.63, 3.8) is 0 Å². The van der Waals surface area contributed by atoms with Crippen LogP contribution in [-0.2, 0) is 6.42 Å². The van der Waals surface area contributed by atoms with E-state index < -0.39 is 18.4 Å². The summed E-state index contributed by atoms with van der Waals surface area (Å²) in [4.78, 5) is 2.05. The van der Waals surface area contributed by atoms with Crippen LogP contribution in [0.15, 0.2) is 42.5 Å². The summed E-state index contributed by atoms with van der Waals surface area (Å²) >= 11 is 0. The molecule has 30 heavy (non-hydrogen) atoms. The fraction of sp³-hybridized carbons (Fsp3) is 0.409. The largest absolute Gasteiger partial charge is 0.490 e. The summed E-state index contributed by atoms with van der Waals surface area (Å²) in [6.07, 6.45) is -2.58. The van der Waals surface area contributed by atoms with Crippen LogP contribution in [0.3, 0.4) is 0 Å². The molecular formula is C22H24F3N3O2. The molecule has 160 valence electrons. The van der Waals surface area contributed by atoms with Crippen molar-refractivity contribution in [3.8, 4) is 17.6 Å². The topological polar surface area (TPSA) is 71.5 Å². The van der Waals surface area contributed by atoms with Gasteiger partial charge < -0.3 is 20.1 Å². The Hall–Kier alpha value is -2.92. The number of nitrogens with two attached hydrogens (primary N) is 1. The highest BCUT2D eigenvalue weighted by Gasteiger charge is 2.41. The first-order chi connectivity index (χ1) is 14.3. The minimum atomic E-state index is -4.43. The van der Waals surface area contributed by atoms with E-state index in [1.165, 1.54) is 6.07 Å². The number of fused-ring (bicyclic) bond motifs is 1. The number of rotatable bonds is 8. The van der Waals surface area contributed by atoms with Crippen molar-refractivity contribution in [2.75, 3.05) is 24.7 Å². The molecule has 0 aliphatic carbocycles. The molecule has 3 rings (SSSR count). The fourth-order valence-corrected chi connectivity index (χ4v) is 3.76. The second-order valence-electron chi connectivity index (χ2n) is 7.31. The van der Waals surface area contributed by atoms with Gasteiger partial charge in [-0.2, -0.15) is 18.4 Å². The van der Waals surface area contributed by atoms with E-state index in [0.717, 1.165) is 17.7 Å². The monoisotopic (exact) mass is 419 g/mol. The Balaban J connectivity index is 1.71. The third-order valence-electron chi connectivity index (χ3n) is 5.02. The second kappa shape index (κ2) is 8.84. The highest BCUT2D eigenvalue weighted by Crippen LogP contribution is 2.40. The van der Waals surface area contributed by atoms with Crippen LogP contribution in [-0.4, -0.2) is 31.6 Å². The number of nitriles is 1. The molecule has 0 spiro atoms. The van der Waals surface area contributed by atoms with E-state index in [1.807, 2.05) is 19.1 Å². The standard InChI is InChI=1S/C22H24F3N3O2/c1-2-11-28-20-16(6-5-7-17(20)14-26)13-21(28,27)10-12-29-18-8-3-4-9-19(18)30-15-22(23,24)25/h3-9H,2,10-13,15,27H2,1H3. The molecule has 1 atom stereocenters. The van der Waals surface area contributed by atoms with Gasteiger partial charge in [0.2, 0.25) is 0 Å². The zero-order valence-corrected chi connectivity index (χ0v) is 16.7. The molecule has 0 bridgehead atoms. The van der Waals surface area contributed by atoms with Crippen molar-refractivity contribution in [2.45, 2.75) is 38.0 Å². The van der Waals surface area contributed by atoms with Gasteiger partial charge in [0.1, 0.15) is 6.07 Å². The Labute approximate surface area is 173 Å². The predicted octanol–water partition coefficient (Wildman–Crippen LogP) is 4.40. The molecule has 1 aliphatic rings. The van der Waals surface area contributed by atoms with Gasteiger partial charge in [0, 0.05) is 19.4 Å². The quantitative estimate of drug-likeness (QED) is 0.687. The van der Waals surface area contributed by atoms with Gasteiger partial charge in [-0.15, -0.1) is 0 Å². The third-order valence-corrected chi connectivity index (χ3v) is 5.02. The molecule has 1 heterocycles. The number of para-hydroxylation sites is 3. The van der Waals surface area contributed by atoms with Gasteiger partial charge in [0.25, 0.3) is 0 Å². The van der Waals surface area contributed by atoms with E-state index in [9.17, 15) is 18.4 Å². The molecule has 2 N–H and O–H groups in total. The van der Waals surface area contributed by atoms with E-state index in [-0.39, 0.29) is 18.1 Å². The van der Waals surface area contributed by atoms with Crippen molar-refractivity contribution < 1.29 is 22.6 Å². The van der Waals surface area contributed by atoms with Gasteiger partial charge in [-0.1, -0.05) is 31.2 Å². The number of alkyl halides is 3. The molecular weight excluding hydrogens is 395 g/mol. The predicted molar refractivity (Wildman–Crippen MR) is 108 cm³/mol. The molecule has 2 aromatic rings. The Morgan fingerprint density at radius 2 is 1.83 bits per heavy atom. The summed E-state index contributed by atoms with van der Waals surface area (Å²) in [7, 11) is 0. The first-order valence-corrected chi connectivity index (χ1v) is 9.77. The molecule has 0 fully saturated rings. The summed E-state index contributed by atoms with van der Waals surface area (Å²) in [5.41, 5.74) is 8.45. The summed E-state index contributed by atoms with van der Waals surface area (Å²) in [5.74, 6) is 0.272. The molecule has 5 nitrogen and oxygen atoms in total. The van der Waals surface area contributed by atoms with Gasteiger partial charge in [0.05, 0.1) is 23.5 Å². The van der Waals surface area contributed by atoms with Crippen LogP contribution in [0.5, 0.6) is 11.5 Å².